The van der Waals surface area contributed by atoms with Crippen molar-refractivity contribution < 1.29 is 4.39 Å². The van der Waals surface area contributed by atoms with Gasteiger partial charge in [-0.25, -0.2) is 4.39 Å². The molecule has 0 aliphatic carbocycles. The van der Waals surface area contributed by atoms with Gasteiger partial charge in [0.1, 0.15) is 5.82 Å². The second-order valence-electron chi connectivity index (χ2n) is 2.25. The second-order valence-corrected chi connectivity index (χ2v) is 3.06. The molecule has 13 heavy (non-hydrogen) atoms. The standard InChI is InChI=1S/C9H4Cl2FN/c10-7(3-4-13)6-1-2-9(12)8(11)5-6/h1-3,5H/b7-3-. The monoisotopic (exact) mass is 215 g/mol. The zero-order valence-corrected chi connectivity index (χ0v) is 7.90. The van der Waals surface area contributed by atoms with Crippen molar-refractivity contribution in [1.29, 1.82) is 5.26 Å². The van der Waals surface area contributed by atoms with E-state index in [-0.39, 0.29) is 10.1 Å². The molecular formula is C9H4Cl2FN. The summed E-state index contributed by atoms with van der Waals surface area (Å²) in [7, 11) is 0. The summed E-state index contributed by atoms with van der Waals surface area (Å²) in [5.41, 5.74) is 0.523. The number of hydrogen-bond acceptors (Lipinski definition) is 1. The largest absolute Gasteiger partial charge is 0.205 e. The van der Waals surface area contributed by atoms with Gasteiger partial charge in [-0.2, -0.15) is 5.26 Å². The molecule has 0 saturated carbocycles. The fraction of sp³-hybridized carbons (Fsp3) is 0. The smallest absolute Gasteiger partial charge is 0.141 e. The van der Waals surface area contributed by atoms with Crippen LogP contribution in [0.2, 0.25) is 5.02 Å². The van der Waals surface area contributed by atoms with E-state index in [2.05, 4.69) is 0 Å². The van der Waals surface area contributed by atoms with Crippen LogP contribution in [-0.4, -0.2) is 0 Å². The van der Waals surface area contributed by atoms with Gasteiger partial charge in [-0.3, -0.25) is 0 Å². The molecule has 0 saturated heterocycles. The molecule has 0 spiro atoms. The Kier molecular flexibility index (Phi) is 3.30. The van der Waals surface area contributed by atoms with Crippen molar-refractivity contribution in [3.8, 4) is 6.07 Å². The molecule has 0 aromatic heterocycles. The lowest BCUT2D eigenvalue weighted by atomic mass is 10.2. The van der Waals surface area contributed by atoms with Gasteiger partial charge in [-0.15, -0.1) is 0 Å². The maximum absolute atomic E-state index is 12.7. The van der Waals surface area contributed by atoms with E-state index in [1.807, 2.05) is 0 Å². The average Bonchev–Trinajstić information content (AvgIpc) is 2.10. The Morgan fingerprint density at radius 1 is 1.54 bits per heavy atom. The van der Waals surface area contributed by atoms with Crippen LogP contribution in [0.4, 0.5) is 4.39 Å². The highest BCUT2D eigenvalue weighted by molar-refractivity contribution is 6.49. The number of halogens is 3. The van der Waals surface area contributed by atoms with Crippen LogP contribution < -0.4 is 0 Å². The highest BCUT2D eigenvalue weighted by Crippen LogP contribution is 2.23. The first kappa shape index (κ1) is 10.0. The van der Waals surface area contributed by atoms with E-state index in [9.17, 15) is 4.39 Å². The highest BCUT2D eigenvalue weighted by atomic mass is 35.5. The van der Waals surface area contributed by atoms with Gasteiger partial charge in [0.05, 0.1) is 16.1 Å². The molecule has 0 N–H and O–H groups in total. The molecule has 0 aliphatic heterocycles. The van der Waals surface area contributed by atoms with Gasteiger partial charge in [-0.1, -0.05) is 29.3 Å². The fourth-order valence-corrected chi connectivity index (χ4v) is 1.13. The van der Waals surface area contributed by atoms with Crippen LogP contribution in [0.3, 0.4) is 0 Å². The number of benzene rings is 1. The summed E-state index contributed by atoms with van der Waals surface area (Å²) in [4.78, 5) is 0. The third-order valence-electron chi connectivity index (χ3n) is 1.39. The minimum atomic E-state index is -0.508. The molecule has 0 radical (unpaired) electrons. The van der Waals surface area contributed by atoms with E-state index in [1.54, 1.807) is 6.07 Å². The van der Waals surface area contributed by atoms with E-state index in [1.165, 1.54) is 18.2 Å². The van der Waals surface area contributed by atoms with E-state index in [0.717, 1.165) is 6.08 Å². The Labute approximate surface area is 85.0 Å². The molecule has 0 amide bonds. The second kappa shape index (κ2) is 4.27. The van der Waals surface area contributed by atoms with Crippen molar-refractivity contribution in [3.05, 3.63) is 40.7 Å². The van der Waals surface area contributed by atoms with Gasteiger partial charge in [0.2, 0.25) is 0 Å². The predicted octanol–water partition coefficient (Wildman–Crippen LogP) is 3.58. The summed E-state index contributed by atoms with van der Waals surface area (Å²) >= 11 is 11.2. The minimum absolute atomic E-state index is 0.0120. The molecule has 0 bridgehead atoms. The van der Waals surface area contributed by atoms with Crippen molar-refractivity contribution in [3.63, 3.8) is 0 Å². The summed E-state index contributed by atoms with van der Waals surface area (Å²) in [5.74, 6) is -0.508. The molecule has 0 heterocycles. The number of hydrogen-bond donors (Lipinski definition) is 0. The summed E-state index contributed by atoms with van der Waals surface area (Å²) in [6.07, 6.45) is 1.16. The van der Waals surface area contributed by atoms with Gasteiger partial charge in [-0.05, 0) is 17.7 Å². The maximum Gasteiger partial charge on any atom is 0.141 e. The van der Waals surface area contributed by atoms with Crippen molar-refractivity contribution in [2.75, 3.05) is 0 Å². The van der Waals surface area contributed by atoms with Gasteiger partial charge in [0.25, 0.3) is 0 Å². The molecule has 1 aromatic rings. The van der Waals surface area contributed by atoms with Gasteiger partial charge in [0.15, 0.2) is 0 Å². The SMILES string of the molecule is N#C/C=C(\Cl)c1ccc(F)c(Cl)c1. The molecule has 1 rings (SSSR count). The van der Waals surface area contributed by atoms with Gasteiger partial charge in [0, 0.05) is 6.08 Å². The van der Waals surface area contributed by atoms with Crippen molar-refractivity contribution in [2.45, 2.75) is 0 Å². The lowest BCUT2D eigenvalue weighted by Crippen LogP contribution is -1.80. The van der Waals surface area contributed by atoms with Gasteiger partial charge >= 0.3 is 0 Å². The van der Waals surface area contributed by atoms with Gasteiger partial charge < -0.3 is 0 Å². The molecule has 66 valence electrons. The van der Waals surface area contributed by atoms with Crippen molar-refractivity contribution in [1.82, 2.24) is 0 Å². The lowest BCUT2D eigenvalue weighted by Gasteiger charge is -1.98. The zero-order chi connectivity index (χ0) is 9.84. The number of allylic oxidation sites excluding steroid dienone is 1. The number of nitrogens with zero attached hydrogens (tertiary/aromatic N) is 1. The first-order chi connectivity index (χ1) is 6.15. The Morgan fingerprint density at radius 3 is 2.77 bits per heavy atom. The van der Waals surface area contributed by atoms with E-state index < -0.39 is 5.82 Å². The normalized spacial score (nSPS) is 11.1. The van der Waals surface area contributed by atoms with Crippen molar-refractivity contribution in [2.24, 2.45) is 0 Å². The van der Waals surface area contributed by atoms with Crippen LogP contribution in [0.25, 0.3) is 5.03 Å². The molecule has 0 unspecified atom stereocenters. The summed E-state index contributed by atoms with van der Waals surface area (Å²) < 4.78 is 12.7. The molecule has 1 aromatic carbocycles. The van der Waals surface area contributed by atoms with Crippen LogP contribution in [0.5, 0.6) is 0 Å². The predicted molar refractivity (Wildman–Crippen MR) is 50.9 cm³/mol. The van der Waals surface area contributed by atoms with Crippen LogP contribution in [0, 0.1) is 17.1 Å². The van der Waals surface area contributed by atoms with E-state index in [4.69, 9.17) is 28.5 Å². The quantitative estimate of drug-likeness (QED) is 0.658. The topological polar surface area (TPSA) is 23.8 Å². The Bertz CT molecular complexity index is 393. The Balaban J connectivity index is 3.13. The molecular weight excluding hydrogens is 212 g/mol. The Morgan fingerprint density at radius 2 is 2.23 bits per heavy atom. The first-order valence-corrected chi connectivity index (χ1v) is 4.11. The van der Waals surface area contributed by atoms with E-state index in [0.29, 0.717) is 5.56 Å². The summed E-state index contributed by atoms with van der Waals surface area (Å²) in [6.45, 7) is 0. The molecule has 0 fully saturated rings. The van der Waals surface area contributed by atoms with Crippen LogP contribution in [0.15, 0.2) is 24.3 Å². The molecule has 1 nitrogen and oxygen atoms in total. The zero-order valence-electron chi connectivity index (χ0n) is 6.39. The summed E-state index contributed by atoms with van der Waals surface area (Å²) in [5, 5.41) is 8.53. The Hall–Kier alpha value is -1.04. The van der Waals surface area contributed by atoms with E-state index >= 15 is 0 Å². The molecule has 4 heteroatoms. The van der Waals surface area contributed by atoms with Crippen LogP contribution in [-0.2, 0) is 0 Å². The number of rotatable bonds is 1. The molecule has 0 atom stereocenters. The fourth-order valence-electron chi connectivity index (χ4n) is 0.785. The maximum atomic E-state index is 12.7. The first-order valence-electron chi connectivity index (χ1n) is 3.36. The highest BCUT2D eigenvalue weighted by Gasteiger charge is 2.02. The van der Waals surface area contributed by atoms with Crippen LogP contribution in [0.1, 0.15) is 5.56 Å². The average molecular weight is 216 g/mol. The minimum Gasteiger partial charge on any atom is -0.205 e. The lowest BCUT2D eigenvalue weighted by molar-refractivity contribution is 0.628. The molecule has 0 aliphatic rings. The number of nitriles is 1. The van der Waals surface area contributed by atoms with Crippen LogP contribution >= 0.6 is 23.2 Å². The van der Waals surface area contributed by atoms with Crippen molar-refractivity contribution >= 4 is 28.2 Å². The summed E-state index contributed by atoms with van der Waals surface area (Å²) in [6, 6.07) is 5.79. The third kappa shape index (κ3) is 2.45. The third-order valence-corrected chi connectivity index (χ3v) is 2.00.